The number of carbonyl (C=O) groups excluding carboxylic acids is 2. The molecule has 0 saturated heterocycles. The Hall–Kier alpha value is -4.56. The highest BCUT2D eigenvalue weighted by Crippen LogP contribution is 2.35. The standard InChI is InChI=1S/C32H29NO4/c1-4-36-31(34)28-23(3)33-30(26-16-9-6-10-17-26)29(27(28)19-18-24-13-7-5-8-14-24)32(35)37-21-25-15-11-12-22(2)20-25/h5-17,20,27,33H,4,21H2,1-3H3/t27-/m0/s1. The van der Waals surface area contributed by atoms with E-state index in [2.05, 4.69) is 17.2 Å². The van der Waals surface area contributed by atoms with E-state index >= 15 is 0 Å². The highest BCUT2D eigenvalue weighted by Gasteiger charge is 2.37. The molecule has 5 nitrogen and oxygen atoms in total. The molecule has 0 aromatic heterocycles. The lowest BCUT2D eigenvalue weighted by Gasteiger charge is -2.29. The monoisotopic (exact) mass is 491 g/mol. The summed E-state index contributed by atoms with van der Waals surface area (Å²) in [4.78, 5) is 26.8. The van der Waals surface area contributed by atoms with Crippen molar-refractivity contribution in [2.24, 2.45) is 5.92 Å². The van der Waals surface area contributed by atoms with E-state index in [1.54, 1.807) is 13.8 Å². The van der Waals surface area contributed by atoms with Gasteiger partial charge in [0.05, 0.1) is 29.4 Å². The minimum atomic E-state index is -0.847. The summed E-state index contributed by atoms with van der Waals surface area (Å²) in [6.45, 7) is 5.83. The minimum Gasteiger partial charge on any atom is -0.463 e. The predicted octanol–water partition coefficient (Wildman–Crippen LogP) is 5.56. The summed E-state index contributed by atoms with van der Waals surface area (Å²) in [5.41, 5.74) is 5.24. The lowest BCUT2D eigenvalue weighted by atomic mass is 9.84. The molecule has 1 N–H and O–H groups in total. The topological polar surface area (TPSA) is 64.6 Å². The fourth-order valence-corrected chi connectivity index (χ4v) is 4.21. The third-order valence-electron chi connectivity index (χ3n) is 5.93. The number of aryl methyl sites for hydroxylation is 1. The van der Waals surface area contributed by atoms with Crippen LogP contribution in [0.4, 0.5) is 0 Å². The van der Waals surface area contributed by atoms with Gasteiger partial charge in [-0.2, -0.15) is 0 Å². The zero-order chi connectivity index (χ0) is 26.2. The van der Waals surface area contributed by atoms with Crippen LogP contribution in [-0.2, 0) is 25.7 Å². The molecule has 0 saturated carbocycles. The van der Waals surface area contributed by atoms with E-state index < -0.39 is 17.9 Å². The van der Waals surface area contributed by atoms with Crippen LogP contribution < -0.4 is 5.32 Å². The normalized spacial score (nSPS) is 14.8. The van der Waals surface area contributed by atoms with Crippen molar-refractivity contribution < 1.29 is 19.1 Å². The summed E-state index contributed by atoms with van der Waals surface area (Å²) in [5, 5.41) is 3.28. The molecule has 3 aromatic carbocycles. The molecule has 5 heteroatoms. The van der Waals surface area contributed by atoms with E-state index in [1.807, 2.05) is 91.9 Å². The largest absolute Gasteiger partial charge is 0.463 e. The van der Waals surface area contributed by atoms with Crippen LogP contribution in [-0.4, -0.2) is 18.5 Å². The van der Waals surface area contributed by atoms with E-state index in [0.29, 0.717) is 17.0 Å². The average molecular weight is 492 g/mol. The molecule has 1 aliphatic rings. The molecular formula is C32H29NO4. The van der Waals surface area contributed by atoms with Gasteiger partial charge in [-0.3, -0.25) is 0 Å². The first kappa shape index (κ1) is 25.5. The molecular weight excluding hydrogens is 462 g/mol. The maximum absolute atomic E-state index is 13.7. The van der Waals surface area contributed by atoms with Crippen molar-refractivity contribution in [3.8, 4) is 11.8 Å². The molecule has 0 fully saturated rings. The first-order chi connectivity index (χ1) is 18.0. The quantitative estimate of drug-likeness (QED) is 0.361. The number of nitrogens with one attached hydrogen (secondary N) is 1. The van der Waals surface area contributed by atoms with Crippen LogP contribution in [0, 0.1) is 24.7 Å². The molecule has 0 radical (unpaired) electrons. The zero-order valence-corrected chi connectivity index (χ0v) is 21.2. The van der Waals surface area contributed by atoms with Crippen molar-refractivity contribution >= 4 is 17.6 Å². The van der Waals surface area contributed by atoms with Crippen LogP contribution in [0.2, 0.25) is 0 Å². The first-order valence-electron chi connectivity index (χ1n) is 12.2. The van der Waals surface area contributed by atoms with Gasteiger partial charge in [0.15, 0.2) is 0 Å². The summed E-state index contributed by atoms with van der Waals surface area (Å²) >= 11 is 0. The Labute approximate surface area is 217 Å². The van der Waals surface area contributed by atoms with Gasteiger partial charge < -0.3 is 14.8 Å². The Balaban J connectivity index is 1.82. The first-order valence-corrected chi connectivity index (χ1v) is 12.2. The summed E-state index contributed by atoms with van der Waals surface area (Å²) < 4.78 is 11.2. The minimum absolute atomic E-state index is 0.0996. The Morgan fingerprint density at radius 2 is 1.51 bits per heavy atom. The van der Waals surface area contributed by atoms with E-state index in [0.717, 1.165) is 22.3 Å². The number of hydrogen-bond donors (Lipinski definition) is 1. The van der Waals surface area contributed by atoms with Gasteiger partial charge in [0.2, 0.25) is 0 Å². The molecule has 1 atom stereocenters. The van der Waals surface area contributed by atoms with Crippen molar-refractivity contribution in [3.05, 3.63) is 124 Å². The lowest BCUT2D eigenvalue weighted by molar-refractivity contribution is -0.140. The second-order valence-corrected chi connectivity index (χ2v) is 8.67. The van der Waals surface area contributed by atoms with Crippen LogP contribution in [0.15, 0.2) is 102 Å². The second kappa shape index (κ2) is 11.9. The number of rotatable bonds is 6. The molecule has 186 valence electrons. The van der Waals surface area contributed by atoms with Crippen LogP contribution >= 0.6 is 0 Å². The molecule has 0 aliphatic carbocycles. The SMILES string of the molecule is CCOC(=O)C1=C(C)NC(c2ccccc2)=C(C(=O)OCc2cccc(C)c2)[C@H]1C#Cc1ccccc1. The van der Waals surface area contributed by atoms with Gasteiger partial charge in [-0.05, 0) is 44.0 Å². The average Bonchev–Trinajstić information content (AvgIpc) is 2.91. The van der Waals surface area contributed by atoms with Crippen LogP contribution in [0.25, 0.3) is 5.70 Å². The van der Waals surface area contributed by atoms with Gasteiger partial charge in [-0.1, -0.05) is 90.2 Å². The molecule has 0 unspecified atom stereocenters. The summed E-state index contributed by atoms with van der Waals surface area (Å²) in [6, 6.07) is 26.7. The lowest BCUT2D eigenvalue weighted by Crippen LogP contribution is -2.33. The van der Waals surface area contributed by atoms with E-state index in [-0.39, 0.29) is 18.8 Å². The van der Waals surface area contributed by atoms with Gasteiger partial charge in [-0.25, -0.2) is 9.59 Å². The Bertz CT molecular complexity index is 1410. The van der Waals surface area contributed by atoms with Crippen molar-refractivity contribution in [2.75, 3.05) is 6.61 Å². The fourth-order valence-electron chi connectivity index (χ4n) is 4.21. The number of esters is 2. The molecule has 3 aromatic rings. The number of ether oxygens (including phenoxy) is 2. The number of carbonyl (C=O) groups is 2. The van der Waals surface area contributed by atoms with E-state index in [9.17, 15) is 9.59 Å². The number of hydrogen-bond acceptors (Lipinski definition) is 5. The molecule has 0 amide bonds. The Morgan fingerprint density at radius 1 is 0.838 bits per heavy atom. The molecule has 0 bridgehead atoms. The highest BCUT2D eigenvalue weighted by atomic mass is 16.5. The van der Waals surface area contributed by atoms with Crippen molar-refractivity contribution in [1.29, 1.82) is 0 Å². The molecule has 1 aliphatic heterocycles. The van der Waals surface area contributed by atoms with Crippen LogP contribution in [0.1, 0.15) is 36.1 Å². The maximum Gasteiger partial charge on any atom is 0.338 e. The second-order valence-electron chi connectivity index (χ2n) is 8.67. The third-order valence-corrected chi connectivity index (χ3v) is 5.93. The van der Waals surface area contributed by atoms with E-state index in [4.69, 9.17) is 9.47 Å². The summed E-state index contributed by atoms with van der Waals surface area (Å²) in [5.74, 6) is 4.42. The number of benzene rings is 3. The summed E-state index contributed by atoms with van der Waals surface area (Å²) in [6.07, 6.45) is 0. The van der Waals surface area contributed by atoms with Gasteiger partial charge in [0.1, 0.15) is 6.61 Å². The number of allylic oxidation sites excluding steroid dienone is 1. The molecule has 4 rings (SSSR count). The number of dihydropyridines is 1. The van der Waals surface area contributed by atoms with Gasteiger partial charge in [0.25, 0.3) is 0 Å². The molecule has 37 heavy (non-hydrogen) atoms. The Kier molecular flexibility index (Phi) is 8.22. The molecule has 1 heterocycles. The van der Waals surface area contributed by atoms with Crippen LogP contribution in [0.5, 0.6) is 0 Å². The Morgan fingerprint density at radius 3 is 2.19 bits per heavy atom. The zero-order valence-electron chi connectivity index (χ0n) is 21.2. The fraction of sp³-hybridized carbons (Fsp3) is 0.188. The highest BCUT2D eigenvalue weighted by molar-refractivity contribution is 6.04. The summed E-state index contributed by atoms with van der Waals surface area (Å²) in [7, 11) is 0. The van der Waals surface area contributed by atoms with Gasteiger partial charge in [0, 0.05) is 11.3 Å². The van der Waals surface area contributed by atoms with Gasteiger partial charge in [-0.15, -0.1) is 0 Å². The van der Waals surface area contributed by atoms with E-state index in [1.165, 1.54) is 0 Å². The van der Waals surface area contributed by atoms with Crippen molar-refractivity contribution in [2.45, 2.75) is 27.4 Å². The molecule has 0 spiro atoms. The smallest absolute Gasteiger partial charge is 0.338 e. The maximum atomic E-state index is 13.7. The van der Waals surface area contributed by atoms with Crippen LogP contribution in [0.3, 0.4) is 0 Å². The predicted molar refractivity (Wildman–Crippen MR) is 144 cm³/mol. The third kappa shape index (κ3) is 6.17. The van der Waals surface area contributed by atoms with Gasteiger partial charge >= 0.3 is 11.9 Å². The van der Waals surface area contributed by atoms with Crippen molar-refractivity contribution in [1.82, 2.24) is 5.32 Å². The van der Waals surface area contributed by atoms with Crippen molar-refractivity contribution in [3.63, 3.8) is 0 Å².